The Hall–Kier alpha value is -0.280. The van der Waals surface area contributed by atoms with Gasteiger partial charge in [0.2, 0.25) is 0 Å². The van der Waals surface area contributed by atoms with Gasteiger partial charge in [0, 0.05) is 76.1 Å². The lowest BCUT2D eigenvalue weighted by Crippen LogP contribution is -2.55. The molecule has 7 N–H and O–H groups in total. The maximum absolute atomic E-state index is 9.24. The van der Waals surface area contributed by atoms with Crippen molar-refractivity contribution in [3.8, 4) is 0 Å². The molecule has 5 atom stereocenters. The fourth-order valence-corrected chi connectivity index (χ4v) is 4.45. The monoisotopic (exact) mass is 399 g/mol. The summed E-state index contributed by atoms with van der Waals surface area (Å²) in [6.07, 6.45) is 8.79. The van der Waals surface area contributed by atoms with Gasteiger partial charge in [-0.3, -0.25) is 0 Å². The van der Waals surface area contributed by atoms with E-state index in [0.29, 0.717) is 30.2 Å². The van der Waals surface area contributed by atoms with Gasteiger partial charge in [-0.1, -0.05) is 12.8 Å². The molecular formula is C21H45N5O2. The summed E-state index contributed by atoms with van der Waals surface area (Å²) in [6.45, 7) is 7.52. The maximum Gasteiger partial charge on any atom is 0.0431 e. The molecule has 0 aromatic rings. The molecule has 0 radical (unpaired) electrons. The molecule has 1 saturated heterocycles. The number of nitrogens with one attached hydrogen (secondary N) is 5. The molecule has 0 spiro atoms. The Morgan fingerprint density at radius 1 is 0.679 bits per heavy atom. The van der Waals surface area contributed by atoms with Crippen molar-refractivity contribution < 1.29 is 10.2 Å². The third-order valence-electron chi connectivity index (χ3n) is 6.20. The number of fused-ring (bicyclic) bond motifs is 1. The van der Waals surface area contributed by atoms with Crippen molar-refractivity contribution in [1.29, 1.82) is 0 Å². The van der Waals surface area contributed by atoms with Crippen LogP contribution in [0.2, 0.25) is 0 Å². The van der Waals surface area contributed by atoms with Crippen molar-refractivity contribution in [3.63, 3.8) is 0 Å². The van der Waals surface area contributed by atoms with Crippen LogP contribution in [-0.4, -0.2) is 86.4 Å². The zero-order valence-corrected chi connectivity index (χ0v) is 17.9. The van der Waals surface area contributed by atoms with Gasteiger partial charge < -0.3 is 36.8 Å². The summed E-state index contributed by atoms with van der Waals surface area (Å²) < 4.78 is 0. The first-order valence-electron chi connectivity index (χ1n) is 11.6. The Labute approximate surface area is 171 Å². The summed E-state index contributed by atoms with van der Waals surface area (Å²) >= 11 is 0. The van der Waals surface area contributed by atoms with Crippen LogP contribution in [0, 0.1) is 0 Å². The second-order valence-corrected chi connectivity index (χ2v) is 8.66. The van der Waals surface area contributed by atoms with Gasteiger partial charge >= 0.3 is 0 Å². The third kappa shape index (κ3) is 9.48. The van der Waals surface area contributed by atoms with Gasteiger partial charge in [0.05, 0.1) is 0 Å². The zero-order chi connectivity index (χ0) is 20.0. The molecule has 0 aromatic heterocycles. The van der Waals surface area contributed by atoms with E-state index in [2.05, 4.69) is 33.5 Å². The van der Waals surface area contributed by atoms with Gasteiger partial charge in [0.15, 0.2) is 0 Å². The highest BCUT2D eigenvalue weighted by atomic mass is 16.3. The van der Waals surface area contributed by atoms with Crippen LogP contribution in [0.15, 0.2) is 0 Å². The Bertz CT molecular complexity index is 388. The summed E-state index contributed by atoms with van der Waals surface area (Å²) in [4.78, 5) is 0. The van der Waals surface area contributed by atoms with E-state index in [9.17, 15) is 10.2 Å². The first-order chi connectivity index (χ1) is 13.7. The van der Waals surface area contributed by atoms with Crippen molar-refractivity contribution in [2.45, 2.75) is 88.5 Å². The largest absolute Gasteiger partial charge is 0.396 e. The van der Waals surface area contributed by atoms with Gasteiger partial charge in [0.1, 0.15) is 0 Å². The van der Waals surface area contributed by atoms with E-state index in [1.54, 1.807) is 0 Å². The van der Waals surface area contributed by atoms with E-state index in [1.165, 1.54) is 25.7 Å². The van der Waals surface area contributed by atoms with E-state index >= 15 is 0 Å². The first kappa shape index (κ1) is 24.0. The predicted molar refractivity (Wildman–Crippen MR) is 116 cm³/mol. The van der Waals surface area contributed by atoms with Crippen LogP contribution in [0.3, 0.4) is 0 Å². The number of hydrogen-bond acceptors (Lipinski definition) is 7. The third-order valence-corrected chi connectivity index (χ3v) is 6.20. The number of aliphatic hydroxyl groups is 2. The first-order valence-corrected chi connectivity index (χ1v) is 11.6. The van der Waals surface area contributed by atoms with Crippen molar-refractivity contribution in [3.05, 3.63) is 0 Å². The van der Waals surface area contributed by atoms with Crippen LogP contribution in [0.1, 0.15) is 58.3 Å². The summed E-state index contributed by atoms with van der Waals surface area (Å²) in [7, 11) is 0. The second kappa shape index (κ2) is 14.7. The second-order valence-electron chi connectivity index (χ2n) is 8.66. The van der Waals surface area contributed by atoms with Crippen LogP contribution < -0.4 is 26.6 Å². The van der Waals surface area contributed by atoms with Gasteiger partial charge in [-0.2, -0.15) is 0 Å². The summed E-state index contributed by atoms with van der Waals surface area (Å²) in [6, 6.07) is 2.27. The summed E-state index contributed by atoms with van der Waals surface area (Å²) in [5, 5.41) is 37.1. The van der Waals surface area contributed by atoms with Gasteiger partial charge in [0.25, 0.3) is 0 Å². The molecule has 0 bridgehead atoms. The minimum atomic E-state index is 0.264. The van der Waals surface area contributed by atoms with Gasteiger partial charge in [-0.25, -0.2) is 0 Å². The number of aliphatic hydroxyl groups excluding tert-OH is 2. The van der Waals surface area contributed by atoms with Gasteiger partial charge in [-0.05, 0) is 45.4 Å². The predicted octanol–water partition coefficient (Wildman–Crippen LogP) is -0.0701. The molecule has 166 valence electrons. The SMILES string of the molecule is C[C@H]1CN[C@@H](CCCO)CNC2CCCC[C@H]2NC[C@H](CCCO)NCCN1. The average molecular weight is 400 g/mol. The highest BCUT2D eigenvalue weighted by Crippen LogP contribution is 2.19. The molecule has 1 unspecified atom stereocenters. The lowest BCUT2D eigenvalue weighted by Gasteiger charge is -2.35. The molecule has 7 nitrogen and oxygen atoms in total. The van der Waals surface area contributed by atoms with Crippen molar-refractivity contribution >= 4 is 0 Å². The Kier molecular flexibility index (Phi) is 12.6. The van der Waals surface area contributed by atoms with E-state index in [-0.39, 0.29) is 13.2 Å². The minimum absolute atomic E-state index is 0.264. The van der Waals surface area contributed by atoms with Crippen LogP contribution >= 0.6 is 0 Å². The molecule has 2 fully saturated rings. The maximum atomic E-state index is 9.24. The molecule has 7 heteroatoms. The quantitative estimate of drug-likeness (QED) is 0.336. The molecule has 0 aromatic carbocycles. The highest BCUT2D eigenvalue weighted by molar-refractivity contribution is 4.89. The van der Waals surface area contributed by atoms with Crippen LogP contribution in [0.25, 0.3) is 0 Å². The minimum Gasteiger partial charge on any atom is -0.396 e. The molecule has 2 aliphatic rings. The normalized spacial score (nSPS) is 34.2. The average Bonchev–Trinajstić information content (AvgIpc) is 2.72. The lowest BCUT2D eigenvalue weighted by atomic mass is 9.89. The van der Waals surface area contributed by atoms with E-state index < -0.39 is 0 Å². The zero-order valence-electron chi connectivity index (χ0n) is 17.9. The molecule has 2 rings (SSSR count). The summed E-state index contributed by atoms with van der Waals surface area (Å²) in [5.41, 5.74) is 0. The number of rotatable bonds is 6. The fourth-order valence-electron chi connectivity index (χ4n) is 4.45. The van der Waals surface area contributed by atoms with Crippen molar-refractivity contribution in [2.75, 3.05) is 45.9 Å². The molecule has 28 heavy (non-hydrogen) atoms. The van der Waals surface area contributed by atoms with Crippen LogP contribution in [0.5, 0.6) is 0 Å². The standard InChI is InChI=1S/C21H45N5O2/c1-17-14-24-19(7-5-13-28)16-26-21-9-3-2-8-20(21)25-15-18(6-4-12-27)23-11-10-22-17/h17-28H,2-16H2,1H3/t17-,18-,19-,20+,21?/m0/s1. The van der Waals surface area contributed by atoms with Crippen molar-refractivity contribution in [2.24, 2.45) is 0 Å². The molecule has 1 aliphatic carbocycles. The summed E-state index contributed by atoms with van der Waals surface area (Å²) in [5.74, 6) is 0. The van der Waals surface area contributed by atoms with Crippen LogP contribution in [-0.2, 0) is 0 Å². The molecule has 0 amide bonds. The Morgan fingerprint density at radius 2 is 1.21 bits per heavy atom. The van der Waals surface area contributed by atoms with E-state index in [4.69, 9.17) is 0 Å². The Morgan fingerprint density at radius 3 is 1.79 bits per heavy atom. The van der Waals surface area contributed by atoms with Gasteiger partial charge in [-0.15, -0.1) is 0 Å². The van der Waals surface area contributed by atoms with Crippen LogP contribution in [0.4, 0.5) is 0 Å². The number of hydrogen-bond donors (Lipinski definition) is 7. The molecular weight excluding hydrogens is 354 g/mol. The van der Waals surface area contributed by atoms with Crippen molar-refractivity contribution in [1.82, 2.24) is 26.6 Å². The smallest absolute Gasteiger partial charge is 0.0431 e. The molecule has 1 saturated carbocycles. The topological polar surface area (TPSA) is 101 Å². The molecule has 1 heterocycles. The van der Waals surface area contributed by atoms with E-state index in [1.807, 2.05) is 0 Å². The van der Waals surface area contributed by atoms with E-state index in [0.717, 1.165) is 58.4 Å². The molecule has 1 aliphatic heterocycles. The Balaban J connectivity index is 1.96. The fraction of sp³-hybridized carbons (Fsp3) is 1.00. The lowest BCUT2D eigenvalue weighted by molar-refractivity contribution is 0.247. The highest BCUT2D eigenvalue weighted by Gasteiger charge is 2.26.